The van der Waals surface area contributed by atoms with Gasteiger partial charge < -0.3 is 14.8 Å². The van der Waals surface area contributed by atoms with E-state index in [1.165, 1.54) is 12.0 Å². The summed E-state index contributed by atoms with van der Waals surface area (Å²) in [5.74, 6) is 0.882. The van der Waals surface area contributed by atoms with E-state index < -0.39 is 0 Å². The second-order valence-corrected chi connectivity index (χ2v) is 6.80. The molecule has 0 spiro atoms. The van der Waals surface area contributed by atoms with Crippen LogP contribution in [-0.4, -0.2) is 32.9 Å². The quantitative estimate of drug-likeness (QED) is 0.754. The normalized spacial score (nSPS) is 25.2. The minimum Gasteiger partial charge on any atom is -0.496 e. The Labute approximate surface area is 136 Å². The summed E-state index contributed by atoms with van der Waals surface area (Å²) in [6, 6.07) is 6.37. The van der Waals surface area contributed by atoms with Gasteiger partial charge in [-0.25, -0.2) is 0 Å². The summed E-state index contributed by atoms with van der Waals surface area (Å²) in [4.78, 5) is 0. The van der Waals surface area contributed by atoms with E-state index in [-0.39, 0.29) is 5.41 Å². The number of ether oxygens (including phenoxy) is 2. The van der Waals surface area contributed by atoms with E-state index >= 15 is 0 Å². The van der Waals surface area contributed by atoms with Crippen LogP contribution in [0.4, 0.5) is 0 Å². The van der Waals surface area contributed by atoms with Crippen molar-refractivity contribution in [1.29, 1.82) is 0 Å². The lowest BCUT2D eigenvalue weighted by Gasteiger charge is -2.33. The third kappa shape index (κ3) is 3.99. The van der Waals surface area contributed by atoms with Crippen LogP contribution in [0, 0.1) is 5.41 Å². The fourth-order valence-corrected chi connectivity index (χ4v) is 3.67. The van der Waals surface area contributed by atoms with Crippen LogP contribution in [0.5, 0.6) is 5.75 Å². The molecule has 1 aliphatic rings. The van der Waals surface area contributed by atoms with E-state index in [0.717, 1.165) is 42.8 Å². The van der Waals surface area contributed by atoms with Crippen molar-refractivity contribution < 1.29 is 9.47 Å². The van der Waals surface area contributed by atoms with Crippen LogP contribution in [0.25, 0.3) is 0 Å². The Hall–Kier alpha value is -0.580. The summed E-state index contributed by atoms with van der Waals surface area (Å²) in [7, 11) is 1.70. The summed E-state index contributed by atoms with van der Waals surface area (Å²) < 4.78 is 12.2. The van der Waals surface area contributed by atoms with Crippen LogP contribution >= 0.6 is 15.9 Å². The highest BCUT2D eigenvalue weighted by molar-refractivity contribution is 9.10. The molecule has 0 aromatic heterocycles. The standard InChI is InChI=1S/C17H26BrNO2/c1-4-8-19-12-17(7-9-21-13(17)2)11-14-5-6-16(20-3)15(18)10-14/h5-6,10,13,19H,4,7-9,11-12H2,1-3H3. The van der Waals surface area contributed by atoms with Gasteiger partial charge in [-0.1, -0.05) is 13.0 Å². The molecule has 0 bridgehead atoms. The Bertz CT molecular complexity index is 466. The van der Waals surface area contributed by atoms with Gasteiger partial charge in [0.05, 0.1) is 17.7 Å². The maximum Gasteiger partial charge on any atom is 0.133 e. The molecule has 0 aliphatic carbocycles. The van der Waals surface area contributed by atoms with Crippen molar-refractivity contribution in [3.05, 3.63) is 28.2 Å². The molecule has 2 unspecified atom stereocenters. The highest BCUT2D eigenvalue weighted by Gasteiger charge is 2.41. The minimum absolute atomic E-state index is 0.198. The van der Waals surface area contributed by atoms with Gasteiger partial charge in [-0.05, 0) is 66.4 Å². The molecule has 4 heteroatoms. The molecule has 21 heavy (non-hydrogen) atoms. The van der Waals surface area contributed by atoms with Crippen molar-refractivity contribution in [2.24, 2.45) is 5.41 Å². The maximum absolute atomic E-state index is 5.87. The van der Waals surface area contributed by atoms with E-state index in [1.54, 1.807) is 7.11 Å². The van der Waals surface area contributed by atoms with Crippen LogP contribution in [0.3, 0.4) is 0 Å². The first-order valence-corrected chi connectivity index (χ1v) is 8.55. The molecule has 1 aliphatic heterocycles. The number of methoxy groups -OCH3 is 1. The average molecular weight is 356 g/mol. The molecule has 0 saturated carbocycles. The lowest BCUT2D eigenvalue weighted by Crippen LogP contribution is -2.41. The number of benzene rings is 1. The Morgan fingerprint density at radius 2 is 2.29 bits per heavy atom. The Kier molecular flexibility index (Phi) is 6.08. The van der Waals surface area contributed by atoms with Gasteiger partial charge in [0.1, 0.15) is 5.75 Å². The predicted octanol–water partition coefficient (Wildman–Crippen LogP) is 3.80. The molecule has 118 valence electrons. The van der Waals surface area contributed by atoms with Crippen LogP contribution < -0.4 is 10.1 Å². The molecule has 3 nitrogen and oxygen atoms in total. The fourth-order valence-electron chi connectivity index (χ4n) is 3.09. The number of hydrogen-bond acceptors (Lipinski definition) is 3. The molecule has 1 N–H and O–H groups in total. The number of halogens is 1. The van der Waals surface area contributed by atoms with Crippen molar-refractivity contribution in [2.45, 2.75) is 39.2 Å². The first-order chi connectivity index (χ1) is 10.1. The smallest absolute Gasteiger partial charge is 0.133 e. The first kappa shape index (κ1) is 16.8. The van der Waals surface area contributed by atoms with Crippen molar-refractivity contribution >= 4 is 15.9 Å². The summed E-state index contributed by atoms with van der Waals surface area (Å²) >= 11 is 3.58. The van der Waals surface area contributed by atoms with Gasteiger partial charge in [0.15, 0.2) is 0 Å². The fraction of sp³-hybridized carbons (Fsp3) is 0.647. The number of hydrogen-bond donors (Lipinski definition) is 1. The van der Waals surface area contributed by atoms with Crippen molar-refractivity contribution in [3.8, 4) is 5.75 Å². The van der Waals surface area contributed by atoms with Gasteiger partial charge in [-0.2, -0.15) is 0 Å². The summed E-state index contributed by atoms with van der Waals surface area (Å²) in [5.41, 5.74) is 1.53. The molecular weight excluding hydrogens is 330 g/mol. The highest BCUT2D eigenvalue weighted by atomic mass is 79.9. The Morgan fingerprint density at radius 3 is 2.86 bits per heavy atom. The molecule has 2 rings (SSSR count). The van der Waals surface area contributed by atoms with Gasteiger partial charge in [-0.3, -0.25) is 0 Å². The molecule has 1 saturated heterocycles. The SMILES string of the molecule is CCCNCC1(Cc2ccc(OC)c(Br)c2)CCOC1C. The Morgan fingerprint density at radius 1 is 1.48 bits per heavy atom. The van der Waals surface area contributed by atoms with E-state index in [2.05, 4.69) is 47.2 Å². The third-order valence-corrected chi connectivity index (χ3v) is 5.13. The second-order valence-electron chi connectivity index (χ2n) is 5.95. The molecular formula is C17H26BrNO2. The van der Waals surface area contributed by atoms with Crippen LogP contribution in [0.15, 0.2) is 22.7 Å². The summed E-state index contributed by atoms with van der Waals surface area (Å²) in [6.45, 7) is 7.37. The van der Waals surface area contributed by atoms with Gasteiger partial charge in [0, 0.05) is 18.6 Å². The monoisotopic (exact) mass is 355 g/mol. The van der Waals surface area contributed by atoms with E-state index in [1.807, 2.05) is 6.07 Å². The molecule has 0 amide bonds. The zero-order valence-electron chi connectivity index (χ0n) is 13.2. The molecule has 0 radical (unpaired) electrons. The lowest BCUT2D eigenvalue weighted by atomic mass is 9.76. The van der Waals surface area contributed by atoms with E-state index in [0.29, 0.717) is 6.10 Å². The largest absolute Gasteiger partial charge is 0.496 e. The van der Waals surface area contributed by atoms with Crippen molar-refractivity contribution in [1.82, 2.24) is 5.32 Å². The van der Waals surface area contributed by atoms with Gasteiger partial charge >= 0.3 is 0 Å². The highest BCUT2D eigenvalue weighted by Crippen LogP contribution is 2.39. The van der Waals surface area contributed by atoms with Gasteiger partial charge in [0.2, 0.25) is 0 Å². The predicted molar refractivity (Wildman–Crippen MR) is 90.0 cm³/mol. The second kappa shape index (κ2) is 7.61. The van der Waals surface area contributed by atoms with Crippen LogP contribution in [0.1, 0.15) is 32.3 Å². The van der Waals surface area contributed by atoms with Crippen molar-refractivity contribution in [3.63, 3.8) is 0 Å². The summed E-state index contributed by atoms with van der Waals surface area (Å²) in [5, 5.41) is 3.59. The number of rotatable bonds is 7. The zero-order valence-corrected chi connectivity index (χ0v) is 14.8. The lowest BCUT2D eigenvalue weighted by molar-refractivity contribution is 0.0631. The summed E-state index contributed by atoms with van der Waals surface area (Å²) in [6.07, 6.45) is 3.62. The third-order valence-electron chi connectivity index (χ3n) is 4.51. The molecule has 1 heterocycles. The van der Waals surface area contributed by atoms with Gasteiger partial charge in [0.25, 0.3) is 0 Å². The minimum atomic E-state index is 0.198. The van der Waals surface area contributed by atoms with Crippen LogP contribution in [0.2, 0.25) is 0 Å². The molecule has 2 atom stereocenters. The van der Waals surface area contributed by atoms with Crippen molar-refractivity contribution in [2.75, 3.05) is 26.8 Å². The van der Waals surface area contributed by atoms with E-state index in [9.17, 15) is 0 Å². The van der Waals surface area contributed by atoms with Gasteiger partial charge in [-0.15, -0.1) is 0 Å². The molecule has 1 aromatic rings. The molecule has 1 fully saturated rings. The van der Waals surface area contributed by atoms with Crippen LogP contribution in [-0.2, 0) is 11.2 Å². The first-order valence-electron chi connectivity index (χ1n) is 7.76. The molecule has 1 aromatic carbocycles. The van der Waals surface area contributed by atoms with E-state index in [4.69, 9.17) is 9.47 Å². The topological polar surface area (TPSA) is 30.5 Å². The number of nitrogens with one attached hydrogen (secondary N) is 1. The maximum atomic E-state index is 5.87. The average Bonchev–Trinajstić information content (AvgIpc) is 2.81. The zero-order chi connectivity index (χ0) is 15.3. The Balaban J connectivity index is 2.13.